The fraction of sp³-hybridized carbons (Fsp3) is 0.571. The van der Waals surface area contributed by atoms with Gasteiger partial charge < -0.3 is 10.2 Å². The normalized spacial score (nSPS) is 10.7. The first-order valence-corrected chi connectivity index (χ1v) is 7.78. The number of benzene rings is 1. The summed E-state index contributed by atoms with van der Waals surface area (Å²) in [4.78, 5) is 2.01. The third-order valence-corrected chi connectivity index (χ3v) is 3.42. The highest BCUT2D eigenvalue weighted by molar-refractivity contribution is 7.98. The first kappa shape index (κ1) is 15.3. The van der Waals surface area contributed by atoms with Gasteiger partial charge in [-0.25, -0.2) is 4.39 Å². The zero-order chi connectivity index (χ0) is 13.4. The van der Waals surface area contributed by atoms with E-state index in [4.69, 9.17) is 0 Å². The number of anilines is 1. The van der Waals surface area contributed by atoms with Crippen molar-refractivity contribution in [2.75, 3.05) is 37.0 Å². The summed E-state index contributed by atoms with van der Waals surface area (Å²) in [7, 11) is 1.96. The van der Waals surface area contributed by atoms with Crippen LogP contribution in [0.15, 0.2) is 18.2 Å². The van der Waals surface area contributed by atoms with Crippen LogP contribution in [0.25, 0.3) is 0 Å². The first-order valence-electron chi connectivity index (χ1n) is 6.38. The molecule has 0 bridgehead atoms. The van der Waals surface area contributed by atoms with E-state index in [1.807, 2.05) is 18.0 Å². The summed E-state index contributed by atoms with van der Waals surface area (Å²) in [6, 6.07) is 5.31. The zero-order valence-corrected chi connectivity index (χ0v) is 12.3. The van der Waals surface area contributed by atoms with Crippen LogP contribution < -0.4 is 10.2 Å². The number of nitrogens with zero attached hydrogens (tertiary/aromatic N) is 1. The lowest BCUT2D eigenvalue weighted by atomic mass is 10.1. The van der Waals surface area contributed by atoms with Crippen molar-refractivity contribution in [1.29, 1.82) is 0 Å². The maximum absolute atomic E-state index is 14.0. The van der Waals surface area contributed by atoms with Crippen LogP contribution in [0.5, 0.6) is 0 Å². The molecule has 1 N–H and O–H groups in total. The van der Waals surface area contributed by atoms with Crippen LogP contribution in [0.3, 0.4) is 0 Å². The Bertz CT molecular complexity index is 358. The van der Waals surface area contributed by atoms with Gasteiger partial charge in [0.25, 0.3) is 0 Å². The largest absolute Gasteiger partial charge is 0.371 e. The van der Waals surface area contributed by atoms with E-state index in [9.17, 15) is 4.39 Å². The number of hydrogen-bond acceptors (Lipinski definition) is 3. The van der Waals surface area contributed by atoms with Crippen LogP contribution in [0.2, 0.25) is 0 Å². The average molecular weight is 270 g/mol. The predicted octanol–water partition coefficient (Wildman–Crippen LogP) is 3.12. The summed E-state index contributed by atoms with van der Waals surface area (Å²) in [5.41, 5.74) is 1.77. The maximum Gasteiger partial charge on any atom is 0.146 e. The summed E-state index contributed by atoms with van der Waals surface area (Å²) < 4.78 is 14.0. The fourth-order valence-corrected chi connectivity index (χ4v) is 2.33. The van der Waals surface area contributed by atoms with Gasteiger partial charge >= 0.3 is 0 Å². The number of hydrogen-bond donors (Lipinski definition) is 1. The Morgan fingerprint density at radius 2 is 2.17 bits per heavy atom. The highest BCUT2D eigenvalue weighted by Gasteiger charge is 2.12. The summed E-state index contributed by atoms with van der Waals surface area (Å²) in [5, 5.41) is 3.33. The molecule has 0 fully saturated rings. The Labute approximate surface area is 114 Å². The monoisotopic (exact) mass is 270 g/mol. The van der Waals surface area contributed by atoms with Gasteiger partial charge in [-0.1, -0.05) is 19.1 Å². The van der Waals surface area contributed by atoms with Crippen LogP contribution in [0.4, 0.5) is 10.1 Å². The quantitative estimate of drug-likeness (QED) is 0.731. The molecular weight excluding hydrogens is 247 g/mol. The van der Waals surface area contributed by atoms with E-state index >= 15 is 0 Å². The molecular formula is C14H23FN2S. The highest BCUT2D eigenvalue weighted by Crippen LogP contribution is 2.23. The molecule has 1 aromatic rings. The van der Waals surface area contributed by atoms with E-state index in [1.54, 1.807) is 17.8 Å². The third kappa shape index (κ3) is 4.50. The van der Waals surface area contributed by atoms with Crippen molar-refractivity contribution >= 4 is 17.4 Å². The van der Waals surface area contributed by atoms with Gasteiger partial charge in [0.1, 0.15) is 5.82 Å². The minimum absolute atomic E-state index is 0.130. The molecule has 1 rings (SSSR count). The number of rotatable bonds is 8. The Morgan fingerprint density at radius 3 is 2.83 bits per heavy atom. The van der Waals surface area contributed by atoms with E-state index in [0.29, 0.717) is 0 Å². The summed E-state index contributed by atoms with van der Waals surface area (Å²) in [6.45, 7) is 4.68. The second-order valence-electron chi connectivity index (χ2n) is 4.34. The van der Waals surface area contributed by atoms with E-state index in [-0.39, 0.29) is 5.82 Å². The van der Waals surface area contributed by atoms with Crippen molar-refractivity contribution in [2.24, 2.45) is 0 Å². The van der Waals surface area contributed by atoms with E-state index < -0.39 is 0 Å². The highest BCUT2D eigenvalue weighted by atomic mass is 32.2. The molecule has 4 heteroatoms. The number of para-hydroxylation sites is 1. The van der Waals surface area contributed by atoms with Crippen molar-refractivity contribution in [3.8, 4) is 0 Å². The predicted molar refractivity (Wildman–Crippen MR) is 80.0 cm³/mol. The molecule has 0 aromatic heterocycles. The van der Waals surface area contributed by atoms with Gasteiger partial charge in [0.15, 0.2) is 0 Å². The van der Waals surface area contributed by atoms with Crippen LogP contribution >= 0.6 is 11.8 Å². The number of nitrogens with one attached hydrogen (secondary N) is 1. The summed E-state index contributed by atoms with van der Waals surface area (Å²) >= 11 is 1.78. The smallest absolute Gasteiger partial charge is 0.146 e. The second kappa shape index (κ2) is 8.38. The molecule has 18 heavy (non-hydrogen) atoms. The van der Waals surface area contributed by atoms with E-state index in [1.165, 1.54) is 6.07 Å². The van der Waals surface area contributed by atoms with Gasteiger partial charge in [0.05, 0.1) is 5.69 Å². The number of thioether (sulfide) groups is 1. The maximum atomic E-state index is 14.0. The minimum Gasteiger partial charge on any atom is -0.371 e. The van der Waals surface area contributed by atoms with E-state index in [2.05, 4.69) is 18.5 Å². The lowest BCUT2D eigenvalue weighted by Crippen LogP contribution is -2.24. The van der Waals surface area contributed by atoms with Gasteiger partial charge in [-0.2, -0.15) is 11.8 Å². The molecule has 0 saturated heterocycles. The average Bonchev–Trinajstić information content (AvgIpc) is 2.36. The first-order chi connectivity index (χ1) is 8.70. The zero-order valence-electron chi connectivity index (χ0n) is 11.5. The molecule has 0 radical (unpaired) electrons. The summed E-state index contributed by atoms with van der Waals surface area (Å²) in [6.07, 6.45) is 3.16. The SMILES string of the molecule is CCCNCc1cccc(F)c1N(C)CCSC. The molecule has 0 amide bonds. The molecule has 0 unspecified atom stereocenters. The lowest BCUT2D eigenvalue weighted by Gasteiger charge is -2.23. The lowest BCUT2D eigenvalue weighted by molar-refractivity contribution is 0.615. The van der Waals surface area contributed by atoms with Crippen LogP contribution in [-0.4, -0.2) is 32.1 Å². The van der Waals surface area contributed by atoms with Crippen LogP contribution in [-0.2, 0) is 6.54 Å². The Balaban J connectivity index is 2.79. The molecule has 0 saturated carbocycles. The number of halogens is 1. The van der Waals surface area contributed by atoms with Crippen molar-refractivity contribution in [3.63, 3.8) is 0 Å². The van der Waals surface area contributed by atoms with Gasteiger partial charge in [-0.3, -0.25) is 0 Å². The third-order valence-electron chi connectivity index (χ3n) is 2.83. The standard InChI is InChI=1S/C14H23FN2S/c1-4-8-16-11-12-6-5-7-13(15)14(12)17(2)9-10-18-3/h5-7,16H,4,8-11H2,1-3H3. The molecule has 0 spiro atoms. The molecule has 0 atom stereocenters. The van der Waals surface area contributed by atoms with Gasteiger partial charge in [-0.15, -0.1) is 0 Å². The van der Waals surface area contributed by atoms with Gasteiger partial charge in [0, 0.05) is 25.9 Å². The molecule has 1 aromatic carbocycles. The molecule has 0 aliphatic carbocycles. The second-order valence-corrected chi connectivity index (χ2v) is 5.32. The fourth-order valence-electron chi connectivity index (χ4n) is 1.87. The molecule has 102 valence electrons. The van der Waals surface area contributed by atoms with Crippen molar-refractivity contribution < 1.29 is 4.39 Å². The van der Waals surface area contributed by atoms with Gasteiger partial charge in [0.2, 0.25) is 0 Å². The minimum atomic E-state index is -0.130. The Morgan fingerprint density at radius 1 is 1.39 bits per heavy atom. The van der Waals surface area contributed by atoms with Crippen molar-refractivity contribution in [1.82, 2.24) is 5.32 Å². The summed E-state index contributed by atoms with van der Waals surface area (Å²) in [5.74, 6) is 0.876. The van der Waals surface area contributed by atoms with Crippen molar-refractivity contribution in [3.05, 3.63) is 29.6 Å². The Hall–Kier alpha value is -0.740. The molecule has 2 nitrogen and oxygen atoms in total. The topological polar surface area (TPSA) is 15.3 Å². The molecule has 0 heterocycles. The molecule has 0 aliphatic heterocycles. The van der Waals surface area contributed by atoms with E-state index in [0.717, 1.165) is 43.1 Å². The van der Waals surface area contributed by atoms with Gasteiger partial charge in [-0.05, 0) is 30.9 Å². The van der Waals surface area contributed by atoms with Crippen LogP contribution in [0, 0.1) is 5.82 Å². The molecule has 0 aliphatic rings. The van der Waals surface area contributed by atoms with Crippen molar-refractivity contribution in [2.45, 2.75) is 19.9 Å². The Kier molecular flexibility index (Phi) is 7.13. The van der Waals surface area contributed by atoms with Crippen LogP contribution in [0.1, 0.15) is 18.9 Å².